The molecule has 0 aromatic carbocycles. The van der Waals surface area contributed by atoms with Crippen molar-refractivity contribution in [3.8, 4) is 0 Å². The number of aliphatic imine (C=N–C) groups is 1. The van der Waals surface area contributed by atoms with Crippen molar-refractivity contribution in [1.82, 2.24) is 15.6 Å². The molecular formula is C16H29N5. The van der Waals surface area contributed by atoms with Crippen LogP contribution in [0.1, 0.15) is 33.6 Å². The molecule has 0 atom stereocenters. The number of guanidine groups is 1. The fourth-order valence-corrected chi connectivity index (χ4v) is 1.76. The van der Waals surface area contributed by atoms with Gasteiger partial charge in [0, 0.05) is 32.4 Å². The Morgan fingerprint density at radius 1 is 1.19 bits per heavy atom. The molecule has 5 nitrogen and oxygen atoms in total. The average molecular weight is 291 g/mol. The van der Waals surface area contributed by atoms with Crippen LogP contribution >= 0.6 is 0 Å². The van der Waals surface area contributed by atoms with E-state index in [2.05, 4.69) is 46.7 Å². The van der Waals surface area contributed by atoms with Gasteiger partial charge in [0.2, 0.25) is 0 Å². The molecule has 0 saturated carbocycles. The Hall–Kier alpha value is -1.78. The molecule has 0 saturated heterocycles. The number of nitrogens with one attached hydrogen (secondary N) is 3. The molecule has 0 amide bonds. The van der Waals surface area contributed by atoms with Gasteiger partial charge in [0.25, 0.3) is 0 Å². The predicted octanol–water partition coefficient (Wildman–Crippen LogP) is 2.48. The van der Waals surface area contributed by atoms with Crippen molar-refractivity contribution < 1.29 is 0 Å². The smallest absolute Gasteiger partial charge is 0.191 e. The number of pyridine rings is 1. The average Bonchev–Trinajstić information content (AvgIpc) is 2.49. The van der Waals surface area contributed by atoms with Crippen LogP contribution in [0.15, 0.2) is 29.4 Å². The summed E-state index contributed by atoms with van der Waals surface area (Å²) >= 11 is 0. The van der Waals surface area contributed by atoms with Gasteiger partial charge in [0.05, 0.1) is 0 Å². The number of unbranched alkanes of at least 4 members (excludes halogenated alkanes) is 1. The van der Waals surface area contributed by atoms with Gasteiger partial charge in [-0.3, -0.25) is 4.99 Å². The van der Waals surface area contributed by atoms with E-state index in [4.69, 9.17) is 0 Å². The molecule has 1 heterocycles. The molecule has 1 rings (SSSR count). The fourth-order valence-electron chi connectivity index (χ4n) is 1.76. The van der Waals surface area contributed by atoms with Gasteiger partial charge in [-0.25, -0.2) is 4.98 Å². The van der Waals surface area contributed by atoms with Gasteiger partial charge < -0.3 is 16.0 Å². The highest BCUT2D eigenvalue weighted by Crippen LogP contribution is 2.00. The van der Waals surface area contributed by atoms with Crippen molar-refractivity contribution >= 4 is 11.8 Å². The monoisotopic (exact) mass is 291 g/mol. The molecule has 0 aliphatic carbocycles. The van der Waals surface area contributed by atoms with Gasteiger partial charge in [-0.15, -0.1) is 0 Å². The van der Waals surface area contributed by atoms with E-state index in [0.717, 1.165) is 50.8 Å². The minimum atomic E-state index is 0.586. The van der Waals surface area contributed by atoms with Crippen molar-refractivity contribution in [2.75, 3.05) is 31.5 Å². The number of aromatic nitrogens is 1. The van der Waals surface area contributed by atoms with E-state index in [1.165, 1.54) is 0 Å². The van der Waals surface area contributed by atoms with Gasteiger partial charge in [0.15, 0.2) is 5.96 Å². The lowest BCUT2D eigenvalue weighted by Gasteiger charge is -2.12. The molecule has 0 spiro atoms. The van der Waals surface area contributed by atoms with Crippen LogP contribution in [0.25, 0.3) is 0 Å². The second kappa shape index (κ2) is 10.9. The van der Waals surface area contributed by atoms with Crippen molar-refractivity contribution in [3.63, 3.8) is 0 Å². The summed E-state index contributed by atoms with van der Waals surface area (Å²) in [7, 11) is 0. The summed E-state index contributed by atoms with van der Waals surface area (Å²) in [5, 5.41) is 9.95. The van der Waals surface area contributed by atoms with E-state index in [-0.39, 0.29) is 0 Å². The minimum Gasteiger partial charge on any atom is -0.370 e. The van der Waals surface area contributed by atoms with E-state index in [1.54, 1.807) is 6.20 Å². The highest BCUT2D eigenvalue weighted by Gasteiger charge is 1.98. The highest BCUT2D eigenvalue weighted by molar-refractivity contribution is 5.79. The lowest BCUT2D eigenvalue weighted by Crippen LogP contribution is -2.38. The van der Waals surface area contributed by atoms with Crippen LogP contribution in [0.5, 0.6) is 0 Å². The molecular weight excluding hydrogens is 262 g/mol. The Morgan fingerprint density at radius 3 is 2.67 bits per heavy atom. The van der Waals surface area contributed by atoms with Crippen molar-refractivity contribution in [2.45, 2.75) is 33.6 Å². The Balaban J connectivity index is 2.12. The quantitative estimate of drug-likeness (QED) is 0.372. The molecule has 0 unspecified atom stereocenters. The van der Waals surface area contributed by atoms with Crippen LogP contribution in [-0.2, 0) is 0 Å². The number of anilines is 1. The second-order valence-electron chi connectivity index (χ2n) is 5.39. The van der Waals surface area contributed by atoms with E-state index < -0.39 is 0 Å². The zero-order chi connectivity index (χ0) is 15.3. The topological polar surface area (TPSA) is 61.3 Å². The van der Waals surface area contributed by atoms with Crippen molar-refractivity contribution in [1.29, 1.82) is 0 Å². The Bertz CT molecular complexity index is 389. The second-order valence-corrected chi connectivity index (χ2v) is 5.39. The Kier molecular flexibility index (Phi) is 9.00. The van der Waals surface area contributed by atoms with Crippen LogP contribution in [0.2, 0.25) is 0 Å². The standard InChI is InChI=1S/C16H29N5/c1-4-17-16(21-13-14(2)3)20-12-8-7-11-19-15-9-5-6-10-18-15/h5-6,9-10,14H,4,7-8,11-13H2,1-3H3,(H,18,19)(H2,17,20,21). The van der Waals surface area contributed by atoms with E-state index >= 15 is 0 Å². The first kappa shape index (κ1) is 17.3. The molecule has 21 heavy (non-hydrogen) atoms. The number of nitrogens with zero attached hydrogens (tertiary/aromatic N) is 2. The van der Waals surface area contributed by atoms with Gasteiger partial charge in [-0.1, -0.05) is 19.9 Å². The number of hydrogen-bond donors (Lipinski definition) is 3. The maximum absolute atomic E-state index is 4.55. The predicted molar refractivity (Wildman–Crippen MR) is 90.8 cm³/mol. The summed E-state index contributed by atoms with van der Waals surface area (Å²) in [5.41, 5.74) is 0. The number of hydrogen-bond acceptors (Lipinski definition) is 3. The molecule has 0 aliphatic heterocycles. The maximum Gasteiger partial charge on any atom is 0.191 e. The highest BCUT2D eigenvalue weighted by atomic mass is 15.2. The molecule has 1 aromatic rings. The van der Waals surface area contributed by atoms with E-state index in [1.807, 2.05) is 18.2 Å². The van der Waals surface area contributed by atoms with Crippen LogP contribution < -0.4 is 16.0 Å². The first-order valence-electron chi connectivity index (χ1n) is 7.89. The Morgan fingerprint density at radius 2 is 2.00 bits per heavy atom. The lowest BCUT2D eigenvalue weighted by atomic mass is 10.2. The fraction of sp³-hybridized carbons (Fsp3) is 0.625. The lowest BCUT2D eigenvalue weighted by molar-refractivity contribution is 0.652. The normalized spacial score (nSPS) is 11.5. The van der Waals surface area contributed by atoms with Gasteiger partial charge in [-0.05, 0) is 37.8 Å². The third kappa shape index (κ3) is 8.89. The molecule has 3 N–H and O–H groups in total. The summed E-state index contributed by atoms with van der Waals surface area (Å²) in [6.45, 7) is 10.1. The van der Waals surface area contributed by atoms with Crippen molar-refractivity contribution in [3.05, 3.63) is 24.4 Å². The molecule has 118 valence electrons. The summed E-state index contributed by atoms with van der Waals surface area (Å²) in [6, 6.07) is 5.90. The van der Waals surface area contributed by atoms with E-state index in [0.29, 0.717) is 5.92 Å². The van der Waals surface area contributed by atoms with Gasteiger partial charge >= 0.3 is 0 Å². The SMILES string of the molecule is CCNC(=NCC(C)C)NCCCCNc1ccccn1. The largest absolute Gasteiger partial charge is 0.370 e. The van der Waals surface area contributed by atoms with Crippen LogP contribution in [-0.4, -0.2) is 37.1 Å². The zero-order valence-electron chi connectivity index (χ0n) is 13.5. The third-order valence-corrected chi connectivity index (χ3v) is 2.83. The van der Waals surface area contributed by atoms with Crippen LogP contribution in [0.4, 0.5) is 5.82 Å². The van der Waals surface area contributed by atoms with Gasteiger partial charge in [0.1, 0.15) is 5.82 Å². The van der Waals surface area contributed by atoms with Crippen LogP contribution in [0, 0.1) is 5.92 Å². The Labute approximate surface area is 128 Å². The minimum absolute atomic E-state index is 0.586. The molecule has 0 radical (unpaired) electrons. The summed E-state index contributed by atoms with van der Waals surface area (Å²) < 4.78 is 0. The molecule has 0 bridgehead atoms. The van der Waals surface area contributed by atoms with Crippen LogP contribution in [0.3, 0.4) is 0 Å². The molecule has 5 heteroatoms. The van der Waals surface area contributed by atoms with E-state index in [9.17, 15) is 0 Å². The molecule has 0 aliphatic rings. The maximum atomic E-state index is 4.55. The third-order valence-electron chi connectivity index (χ3n) is 2.83. The first-order valence-corrected chi connectivity index (χ1v) is 7.89. The number of rotatable bonds is 9. The summed E-state index contributed by atoms with van der Waals surface area (Å²) in [6.07, 6.45) is 4.01. The molecule has 0 fully saturated rings. The zero-order valence-corrected chi connectivity index (χ0v) is 13.5. The first-order chi connectivity index (χ1) is 10.2. The van der Waals surface area contributed by atoms with Gasteiger partial charge in [-0.2, -0.15) is 0 Å². The summed E-state index contributed by atoms with van der Waals surface area (Å²) in [5.74, 6) is 2.45. The summed E-state index contributed by atoms with van der Waals surface area (Å²) in [4.78, 5) is 8.78. The van der Waals surface area contributed by atoms with Crippen molar-refractivity contribution in [2.24, 2.45) is 10.9 Å². The molecule has 1 aromatic heterocycles.